The lowest BCUT2D eigenvalue weighted by atomic mass is 9.94. The van der Waals surface area contributed by atoms with E-state index < -0.39 is 6.10 Å². The summed E-state index contributed by atoms with van der Waals surface area (Å²) < 4.78 is 5.42. The van der Waals surface area contributed by atoms with E-state index in [0.29, 0.717) is 12.1 Å². The van der Waals surface area contributed by atoms with Crippen LogP contribution in [-0.2, 0) is 17.6 Å². The number of nitriles is 1. The first-order chi connectivity index (χ1) is 12.3. The molecule has 6 nitrogen and oxygen atoms in total. The molecule has 0 saturated carbocycles. The average molecular weight is 342 g/mol. The van der Waals surface area contributed by atoms with Crippen molar-refractivity contribution in [2.45, 2.75) is 44.2 Å². The van der Waals surface area contributed by atoms with Crippen molar-refractivity contribution in [3.05, 3.63) is 22.9 Å². The quantitative estimate of drug-likeness (QED) is 0.868. The molecule has 2 fully saturated rings. The third kappa shape index (κ3) is 3.37. The van der Waals surface area contributed by atoms with Crippen LogP contribution in [0, 0.1) is 11.3 Å². The Hall–Kier alpha value is -1.68. The number of hydrogen-bond donors (Lipinski definition) is 1. The summed E-state index contributed by atoms with van der Waals surface area (Å²) in [5.74, 6) is 0.766. The molecule has 3 heterocycles. The third-order valence-electron chi connectivity index (χ3n) is 5.76. The summed E-state index contributed by atoms with van der Waals surface area (Å²) in [7, 11) is 0. The summed E-state index contributed by atoms with van der Waals surface area (Å²) >= 11 is 0. The average Bonchev–Trinajstić information content (AvgIpc) is 2.67. The fourth-order valence-corrected chi connectivity index (χ4v) is 4.39. The highest BCUT2D eigenvalue weighted by Crippen LogP contribution is 2.29. The first-order valence-electron chi connectivity index (χ1n) is 9.44. The predicted octanol–water partition coefficient (Wildman–Crippen LogP) is 1.10. The fourth-order valence-electron chi connectivity index (χ4n) is 4.39. The van der Waals surface area contributed by atoms with E-state index in [-0.39, 0.29) is 6.04 Å². The Kier molecular flexibility index (Phi) is 4.89. The Morgan fingerprint density at radius 3 is 2.76 bits per heavy atom. The van der Waals surface area contributed by atoms with E-state index in [4.69, 9.17) is 9.72 Å². The number of aryl methyl sites for hydroxylation is 2. The van der Waals surface area contributed by atoms with Gasteiger partial charge in [0.2, 0.25) is 0 Å². The van der Waals surface area contributed by atoms with Gasteiger partial charge in [-0.05, 0) is 43.7 Å². The van der Waals surface area contributed by atoms with Crippen LogP contribution in [0.4, 0.5) is 5.82 Å². The zero-order valence-electron chi connectivity index (χ0n) is 14.7. The number of aliphatic hydroxyl groups is 1. The van der Waals surface area contributed by atoms with Crippen LogP contribution >= 0.6 is 0 Å². The van der Waals surface area contributed by atoms with Crippen LogP contribution in [0.2, 0.25) is 0 Å². The maximum atomic E-state index is 10.7. The minimum atomic E-state index is -0.420. The molecule has 0 unspecified atom stereocenters. The molecule has 0 aromatic carbocycles. The number of hydrogen-bond acceptors (Lipinski definition) is 6. The van der Waals surface area contributed by atoms with Gasteiger partial charge in [-0.1, -0.05) is 0 Å². The van der Waals surface area contributed by atoms with Crippen LogP contribution < -0.4 is 4.90 Å². The van der Waals surface area contributed by atoms with Gasteiger partial charge in [-0.25, -0.2) is 4.98 Å². The van der Waals surface area contributed by atoms with Gasteiger partial charge >= 0.3 is 0 Å². The number of morpholine rings is 1. The summed E-state index contributed by atoms with van der Waals surface area (Å²) in [6, 6.07) is 4.53. The molecule has 0 amide bonds. The number of pyridine rings is 1. The molecule has 1 N–H and O–H groups in total. The SMILES string of the molecule is N#Cc1cc2c(nc1N1CC[C@H](N3CCOCC3)[C@@H](O)C1)CCCC2. The molecule has 4 rings (SSSR count). The van der Waals surface area contributed by atoms with Crippen LogP contribution in [0.1, 0.15) is 36.1 Å². The number of nitrogens with zero attached hydrogens (tertiary/aromatic N) is 4. The molecule has 1 aromatic heterocycles. The lowest BCUT2D eigenvalue weighted by Crippen LogP contribution is -2.57. The van der Waals surface area contributed by atoms with Crippen LogP contribution in [0.3, 0.4) is 0 Å². The van der Waals surface area contributed by atoms with Gasteiger partial charge in [0.25, 0.3) is 0 Å². The monoisotopic (exact) mass is 342 g/mol. The number of β-amino-alcohol motifs (C(OH)–C–C–N with tert-alkyl or cyclic N) is 1. The fraction of sp³-hybridized carbons (Fsp3) is 0.684. The highest BCUT2D eigenvalue weighted by molar-refractivity contribution is 5.57. The van der Waals surface area contributed by atoms with Gasteiger partial charge in [-0.3, -0.25) is 4.90 Å². The van der Waals surface area contributed by atoms with Gasteiger partial charge in [-0.15, -0.1) is 0 Å². The number of ether oxygens (including phenoxy) is 1. The number of aliphatic hydroxyl groups excluding tert-OH is 1. The summed E-state index contributed by atoms with van der Waals surface area (Å²) in [4.78, 5) is 9.29. The minimum Gasteiger partial charge on any atom is -0.390 e. The zero-order valence-corrected chi connectivity index (χ0v) is 14.7. The molecule has 134 valence electrons. The van der Waals surface area contributed by atoms with E-state index >= 15 is 0 Å². The number of piperidine rings is 1. The molecule has 0 radical (unpaired) electrons. The van der Waals surface area contributed by atoms with Gasteiger partial charge in [0.05, 0.1) is 24.9 Å². The third-order valence-corrected chi connectivity index (χ3v) is 5.76. The van der Waals surface area contributed by atoms with Crippen LogP contribution in [-0.4, -0.2) is 66.5 Å². The van der Waals surface area contributed by atoms with E-state index in [1.807, 2.05) is 6.07 Å². The van der Waals surface area contributed by atoms with Crippen LogP contribution in [0.5, 0.6) is 0 Å². The van der Waals surface area contributed by atoms with E-state index in [9.17, 15) is 10.4 Å². The minimum absolute atomic E-state index is 0.184. The second-order valence-electron chi connectivity index (χ2n) is 7.30. The smallest absolute Gasteiger partial charge is 0.146 e. The van der Waals surface area contributed by atoms with Gasteiger partial charge in [0.15, 0.2) is 0 Å². The predicted molar refractivity (Wildman–Crippen MR) is 94.6 cm³/mol. The van der Waals surface area contributed by atoms with Crippen molar-refractivity contribution in [3.8, 4) is 6.07 Å². The Labute approximate surface area is 149 Å². The van der Waals surface area contributed by atoms with Crippen LogP contribution in [0.15, 0.2) is 6.07 Å². The molecule has 1 aromatic rings. The van der Waals surface area contributed by atoms with Crippen LogP contribution in [0.25, 0.3) is 0 Å². The molecule has 2 aliphatic heterocycles. The molecular formula is C19H26N4O2. The Morgan fingerprint density at radius 2 is 2.00 bits per heavy atom. The van der Waals surface area contributed by atoms with Gasteiger partial charge in [0.1, 0.15) is 11.9 Å². The van der Waals surface area contributed by atoms with E-state index in [1.54, 1.807) is 0 Å². The molecule has 6 heteroatoms. The molecule has 25 heavy (non-hydrogen) atoms. The largest absolute Gasteiger partial charge is 0.390 e. The molecule has 1 aliphatic carbocycles. The first-order valence-corrected chi connectivity index (χ1v) is 9.44. The number of aromatic nitrogens is 1. The normalized spacial score (nSPS) is 27.6. The van der Waals surface area contributed by atoms with Crippen molar-refractivity contribution >= 4 is 5.82 Å². The molecule has 0 bridgehead atoms. The summed E-state index contributed by atoms with van der Waals surface area (Å²) in [5.41, 5.74) is 3.03. The lowest BCUT2D eigenvalue weighted by Gasteiger charge is -2.43. The molecule has 3 aliphatic rings. The summed E-state index contributed by atoms with van der Waals surface area (Å²) in [6.45, 7) is 4.66. The maximum absolute atomic E-state index is 10.7. The Balaban J connectivity index is 1.52. The van der Waals surface area contributed by atoms with Crippen molar-refractivity contribution in [1.82, 2.24) is 9.88 Å². The summed E-state index contributed by atoms with van der Waals surface area (Å²) in [6.07, 6.45) is 4.86. The van der Waals surface area contributed by atoms with Gasteiger partial charge in [0, 0.05) is 37.9 Å². The van der Waals surface area contributed by atoms with Crippen molar-refractivity contribution < 1.29 is 9.84 Å². The van der Waals surface area contributed by atoms with Gasteiger partial charge < -0.3 is 14.7 Å². The number of anilines is 1. The highest BCUT2D eigenvalue weighted by atomic mass is 16.5. The van der Waals surface area contributed by atoms with Crippen molar-refractivity contribution in [2.24, 2.45) is 0 Å². The standard InChI is InChI=1S/C19H26N4O2/c20-12-15-11-14-3-1-2-4-16(14)21-19(15)23-6-5-17(18(24)13-23)22-7-9-25-10-8-22/h11,17-18,24H,1-10,13H2/t17-,18-/m0/s1. The molecule has 2 atom stereocenters. The molecule has 0 spiro atoms. The Bertz CT molecular complexity index is 666. The van der Waals surface area contributed by atoms with E-state index in [2.05, 4.69) is 15.9 Å². The zero-order chi connectivity index (χ0) is 17.2. The highest BCUT2D eigenvalue weighted by Gasteiger charge is 2.34. The topological polar surface area (TPSA) is 72.6 Å². The molecule has 2 saturated heterocycles. The summed E-state index contributed by atoms with van der Waals surface area (Å²) in [5, 5.41) is 20.3. The van der Waals surface area contributed by atoms with Crippen molar-refractivity contribution in [1.29, 1.82) is 5.26 Å². The lowest BCUT2D eigenvalue weighted by molar-refractivity contribution is -0.0274. The van der Waals surface area contributed by atoms with E-state index in [1.165, 1.54) is 18.4 Å². The number of rotatable bonds is 2. The first kappa shape index (κ1) is 16.8. The number of fused-ring (bicyclic) bond motifs is 1. The Morgan fingerprint density at radius 1 is 1.20 bits per heavy atom. The second kappa shape index (κ2) is 7.28. The van der Waals surface area contributed by atoms with Gasteiger partial charge in [-0.2, -0.15) is 5.26 Å². The van der Waals surface area contributed by atoms with E-state index in [0.717, 1.165) is 63.6 Å². The maximum Gasteiger partial charge on any atom is 0.146 e. The molecular weight excluding hydrogens is 316 g/mol. The second-order valence-corrected chi connectivity index (χ2v) is 7.30. The van der Waals surface area contributed by atoms with Crippen molar-refractivity contribution in [3.63, 3.8) is 0 Å². The van der Waals surface area contributed by atoms with Crippen molar-refractivity contribution in [2.75, 3.05) is 44.3 Å².